The van der Waals surface area contributed by atoms with E-state index in [9.17, 15) is 13.2 Å². The molecule has 0 atom stereocenters. The predicted molar refractivity (Wildman–Crippen MR) is 46.3 cm³/mol. The van der Waals surface area contributed by atoms with Crippen LogP contribution in [0, 0.1) is 0 Å². The third-order valence-corrected chi connectivity index (χ3v) is 1.81. The van der Waals surface area contributed by atoms with Crippen molar-refractivity contribution in [3.8, 4) is 0 Å². The first-order chi connectivity index (χ1) is 6.00. The summed E-state index contributed by atoms with van der Waals surface area (Å²) < 4.78 is 36.8. The molecule has 0 aliphatic heterocycles. The van der Waals surface area contributed by atoms with Gasteiger partial charge in [0.2, 0.25) is 0 Å². The van der Waals surface area contributed by atoms with Gasteiger partial charge in [0.25, 0.3) is 0 Å². The minimum atomic E-state index is -4.23. The number of hydrogen-bond acceptors (Lipinski definition) is 0. The van der Waals surface area contributed by atoms with E-state index in [0.29, 0.717) is 12.0 Å². The van der Waals surface area contributed by atoms with Crippen molar-refractivity contribution in [2.24, 2.45) is 0 Å². The molecule has 72 valence electrons. The lowest BCUT2D eigenvalue weighted by Gasteiger charge is -2.09. The highest BCUT2D eigenvalue weighted by molar-refractivity contribution is 5.33. The van der Waals surface area contributed by atoms with Crippen molar-refractivity contribution in [3.63, 3.8) is 0 Å². The molecule has 1 aliphatic carbocycles. The van der Waals surface area contributed by atoms with Crippen molar-refractivity contribution >= 4 is 0 Å². The van der Waals surface area contributed by atoms with Gasteiger partial charge in [-0.2, -0.15) is 13.2 Å². The minimum absolute atomic E-state index is 0.569. The third-order valence-electron chi connectivity index (χ3n) is 1.81. The van der Waals surface area contributed by atoms with Crippen LogP contribution in [-0.2, 0) is 0 Å². The molecule has 0 unspecified atom stereocenters. The highest BCUT2D eigenvalue weighted by atomic mass is 19.4. The molecule has 0 spiro atoms. The molecule has 3 heteroatoms. The Morgan fingerprint density at radius 2 is 1.92 bits per heavy atom. The second-order valence-electron chi connectivity index (χ2n) is 3.03. The Morgan fingerprint density at radius 1 is 1.23 bits per heavy atom. The van der Waals surface area contributed by atoms with Gasteiger partial charge in [-0.05, 0) is 25.8 Å². The van der Waals surface area contributed by atoms with Gasteiger partial charge in [0.05, 0.1) is 5.57 Å². The van der Waals surface area contributed by atoms with Gasteiger partial charge in [-0.1, -0.05) is 23.8 Å². The van der Waals surface area contributed by atoms with E-state index in [-0.39, 0.29) is 0 Å². The molecule has 0 nitrogen and oxygen atoms in total. The van der Waals surface area contributed by atoms with E-state index in [0.717, 1.165) is 12.5 Å². The molecule has 0 radical (unpaired) electrons. The smallest absolute Gasteiger partial charge is 0.166 e. The predicted octanol–water partition coefficient (Wildman–Crippen LogP) is 3.77. The highest BCUT2D eigenvalue weighted by Gasteiger charge is 2.31. The fourth-order valence-electron chi connectivity index (χ4n) is 1.15. The van der Waals surface area contributed by atoms with Crippen molar-refractivity contribution in [3.05, 3.63) is 35.5 Å². The lowest BCUT2D eigenvalue weighted by atomic mass is 10.1. The summed E-state index contributed by atoms with van der Waals surface area (Å²) in [5.74, 6) is 0. The molecule has 0 saturated carbocycles. The molecule has 0 heterocycles. The summed E-state index contributed by atoms with van der Waals surface area (Å²) in [6, 6.07) is 0. The average molecular weight is 188 g/mol. The zero-order valence-electron chi connectivity index (χ0n) is 7.36. The van der Waals surface area contributed by atoms with Crippen LogP contribution in [0.25, 0.3) is 0 Å². The summed E-state index contributed by atoms with van der Waals surface area (Å²) in [6.07, 6.45) is 2.95. The first-order valence-corrected chi connectivity index (χ1v) is 4.12. The minimum Gasteiger partial charge on any atom is -0.166 e. The van der Waals surface area contributed by atoms with Crippen LogP contribution in [0.2, 0.25) is 0 Å². The number of halogens is 3. The topological polar surface area (TPSA) is 0 Å². The molecule has 0 bridgehead atoms. The van der Waals surface area contributed by atoms with Crippen LogP contribution in [0.15, 0.2) is 35.5 Å². The Morgan fingerprint density at radius 3 is 2.54 bits per heavy atom. The zero-order valence-corrected chi connectivity index (χ0v) is 7.36. The van der Waals surface area contributed by atoms with Gasteiger partial charge in [-0.3, -0.25) is 0 Å². The summed E-state index contributed by atoms with van der Waals surface area (Å²) in [5, 5.41) is 0. The maximum atomic E-state index is 12.3. The van der Waals surface area contributed by atoms with Crippen LogP contribution in [0.3, 0.4) is 0 Å². The molecule has 0 saturated heterocycles. The largest absolute Gasteiger partial charge is 0.416 e. The maximum absolute atomic E-state index is 12.3. The van der Waals surface area contributed by atoms with Gasteiger partial charge in [0.1, 0.15) is 0 Å². The van der Waals surface area contributed by atoms with Gasteiger partial charge in [-0.15, -0.1) is 0 Å². The molecule has 13 heavy (non-hydrogen) atoms. The van der Waals surface area contributed by atoms with E-state index in [4.69, 9.17) is 0 Å². The highest BCUT2D eigenvalue weighted by Crippen LogP contribution is 2.28. The molecule has 0 N–H and O–H groups in total. The lowest BCUT2D eigenvalue weighted by molar-refractivity contribution is -0.0882. The van der Waals surface area contributed by atoms with Crippen molar-refractivity contribution < 1.29 is 13.2 Å². The van der Waals surface area contributed by atoms with Crippen LogP contribution >= 0.6 is 0 Å². The van der Waals surface area contributed by atoms with E-state index >= 15 is 0 Å². The molecular formula is C10H11F3. The second-order valence-corrected chi connectivity index (χ2v) is 3.03. The second kappa shape index (κ2) is 3.81. The number of rotatable bonds is 0. The molecule has 0 aromatic rings. The van der Waals surface area contributed by atoms with E-state index < -0.39 is 11.7 Å². The Balaban J connectivity index is 2.98. The quantitative estimate of drug-likeness (QED) is 0.542. The van der Waals surface area contributed by atoms with Gasteiger partial charge < -0.3 is 0 Å². The normalized spacial score (nSPS) is 21.2. The number of allylic oxidation sites excluding steroid dienone is 6. The van der Waals surface area contributed by atoms with Crippen molar-refractivity contribution in [1.29, 1.82) is 0 Å². The first-order valence-electron chi connectivity index (χ1n) is 4.12. The molecule has 0 aromatic heterocycles. The molecule has 1 aliphatic rings. The SMILES string of the molecule is CC1=CCC/C=C/C(C(F)(F)F)=C1. The first kappa shape index (κ1) is 10.1. The van der Waals surface area contributed by atoms with Gasteiger partial charge in [0, 0.05) is 0 Å². The Labute approximate surface area is 75.4 Å². The number of hydrogen-bond donors (Lipinski definition) is 0. The third kappa shape index (κ3) is 3.09. The molecular weight excluding hydrogens is 177 g/mol. The van der Waals surface area contributed by atoms with E-state index in [2.05, 4.69) is 0 Å². The van der Waals surface area contributed by atoms with E-state index in [1.54, 1.807) is 13.0 Å². The van der Waals surface area contributed by atoms with Crippen LogP contribution in [-0.4, -0.2) is 6.18 Å². The molecule has 0 fully saturated rings. The average Bonchev–Trinajstić information content (AvgIpc) is 1.94. The summed E-state index contributed by atoms with van der Waals surface area (Å²) in [4.78, 5) is 0. The summed E-state index contributed by atoms with van der Waals surface area (Å²) in [6.45, 7) is 1.69. The molecule has 0 amide bonds. The molecule has 0 aromatic carbocycles. The lowest BCUT2D eigenvalue weighted by Crippen LogP contribution is -2.10. The van der Waals surface area contributed by atoms with Crippen LogP contribution in [0.1, 0.15) is 19.8 Å². The van der Waals surface area contributed by atoms with Crippen molar-refractivity contribution in [2.45, 2.75) is 25.9 Å². The van der Waals surface area contributed by atoms with Crippen LogP contribution in [0.4, 0.5) is 13.2 Å². The van der Waals surface area contributed by atoms with E-state index in [1.807, 2.05) is 6.08 Å². The van der Waals surface area contributed by atoms with Gasteiger partial charge in [-0.25, -0.2) is 0 Å². The van der Waals surface area contributed by atoms with Crippen LogP contribution in [0.5, 0.6) is 0 Å². The monoisotopic (exact) mass is 188 g/mol. The van der Waals surface area contributed by atoms with Gasteiger partial charge >= 0.3 is 6.18 Å². The summed E-state index contributed by atoms with van der Waals surface area (Å²) in [5.41, 5.74) is 0.109. The fourth-order valence-corrected chi connectivity index (χ4v) is 1.15. The standard InChI is InChI=1S/C10H11F3/c1-8-5-3-2-4-6-9(7-8)10(11,12)13/h4-7H,2-3H2,1H3/b6-4+,8-5?,9-7?. The van der Waals surface area contributed by atoms with E-state index in [1.165, 1.54) is 6.08 Å². The zero-order chi connectivity index (χ0) is 9.90. The van der Waals surface area contributed by atoms with Gasteiger partial charge in [0.15, 0.2) is 0 Å². The van der Waals surface area contributed by atoms with Crippen molar-refractivity contribution in [1.82, 2.24) is 0 Å². The Hall–Kier alpha value is -0.990. The van der Waals surface area contributed by atoms with Crippen LogP contribution < -0.4 is 0 Å². The fraction of sp³-hybridized carbons (Fsp3) is 0.400. The Kier molecular flexibility index (Phi) is 2.96. The summed E-state index contributed by atoms with van der Waals surface area (Å²) >= 11 is 0. The Bertz CT molecular complexity index is 266. The number of alkyl halides is 3. The summed E-state index contributed by atoms with van der Waals surface area (Å²) in [7, 11) is 0. The maximum Gasteiger partial charge on any atom is 0.416 e. The van der Waals surface area contributed by atoms with Crippen molar-refractivity contribution in [2.75, 3.05) is 0 Å². The molecule has 1 rings (SSSR count).